The van der Waals surface area contributed by atoms with Crippen molar-refractivity contribution in [1.82, 2.24) is 5.32 Å². The zero-order valence-electron chi connectivity index (χ0n) is 18.6. The molecule has 0 saturated carbocycles. The maximum absolute atomic E-state index is 12.4. The minimum atomic E-state index is -1.31. The Hall–Kier alpha value is -2.83. The maximum atomic E-state index is 12.4. The molecule has 7 nitrogen and oxygen atoms in total. The summed E-state index contributed by atoms with van der Waals surface area (Å²) < 4.78 is 11.0. The van der Waals surface area contributed by atoms with Gasteiger partial charge in [-0.05, 0) is 43.9 Å². The second kappa shape index (κ2) is 12.1. The molecule has 0 aliphatic carbocycles. The van der Waals surface area contributed by atoms with E-state index in [1.807, 2.05) is 19.9 Å². The number of carboxylic acid groups (broad SMARTS) is 1. The van der Waals surface area contributed by atoms with Gasteiger partial charge >= 0.3 is 5.63 Å². The number of aryl methyl sites for hydroxylation is 1. The average Bonchev–Trinajstić information content (AvgIpc) is 2.74. The molecule has 0 spiro atoms. The van der Waals surface area contributed by atoms with Gasteiger partial charge in [-0.3, -0.25) is 4.79 Å². The largest absolute Gasteiger partial charge is 0.548 e. The first-order valence-corrected chi connectivity index (χ1v) is 11.1. The van der Waals surface area contributed by atoms with E-state index >= 15 is 0 Å². The number of benzene rings is 1. The Morgan fingerprint density at radius 2 is 1.87 bits per heavy atom. The highest BCUT2D eigenvalue weighted by molar-refractivity contribution is 5.84. The maximum Gasteiger partial charge on any atom is 0.339 e. The minimum absolute atomic E-state index is 0.311. The summed E-state index contributed by atoms with van der Waals surface area (Å²) in [5.74, 6) is -1.50. The van der Waals surface area contributed by atoms with Crippen molar-refractivity contribution in [1.29, 1.82) is 0 Å². The van der Waals surface area contributed by atoms with Gasteiger partial charge in [-0.2, -0.15) is 0 Å². The standard InChI is InChI=1S/C24H33NO6/c1-4-6-8-9-10-19-16(3)18-13-12-17(14-21(18)31-24(19)29)30-15-22(26)25-20(23(27)28)11-7-5-2/h12-14,20H,4-11,15H2,1-3H3,(H,25,26)(H,27,28)/p-1/t20-/m1/s1. The molecule has 31 heavy (non-hydrogen) atoms. The number of carbonyl (C=O) groups excluding carboxylic acids is 2. The fourth-order valence-corrected chi connectivity index (χ4v) is 3.52. The van der Waals surface area contributed by atoms with Crippen LogP contribution < -0.4 is 20.8 Å². The van der Waals surface area contributed by atoms with Crippen LogP contribution in [-0.4, -0.2) is 24.5 Å². The second-order valence-corrected chi connectivity index (χ2v) is 7.83. The number of unbranched alkanes of at least 4 members (excludes halogenated alkanes) is 4. The fraction of sp³-hybridized carbons (Fsp3) is 0.542. The van der Waals surface area contributed by atoms with Gasteiger partial charge in [-0.15, -0.1) is 0 Å². The van der Waals surface area contributed by atoms with Crippen LogP contribution in [0.4, 0.5) is 0 Å². The summed E-state index contributed by atoms with van der Waals surface area (Å²) in [6.45, 7) is 5.65. The molecule has 0 unspecified atom stereocenters. The van der Waals surface area contributed by atoms with Gasteiger partial charge in [0.25, 0.3) is 5.91 Å². The van der Waals surface area contributed by atoms with Crippen LogP contribution in [-0.2, 0) is 16.0 Å². The third kappa shape index (κ3) is 7.12. The van der Waals surface area contributed by atoms with E-state index in [1.165, 1.54) is 0 Å². The minimum Gasteiger partial charge on any atom is -0.548 e. The second-order valence-electron chi connectivity index (χ2n) is 7.83. The number of rotatable bonds is 13. The Labute approximate surface area is 182 Å². The Balaban J connectivity index is 2.05. The first-order chi connectivity index (χ1) is 14.9. The zero-order valence-corrected chi connectivity index (χ0v) is 18.6. The molecule has 1 aromatic heterocycles. The predicted molar refractivity (Wildman–Crippen MR) is 117 cm³/mol. The van der Waals surface area contributed by atoms with Crippen LogP contribution in [0.25, 0.3) is 11.0 Å². The summed E-state index contributed by atoms with van der Waals surface area (Å²) in [5, 5.41) is 14.4. The molecular weight excluding hydrogens is 398 g/mol. The van der Waals surface area contributed by atoms with Gasteiger partial charge < -0.3 is 24.4 Å². The molecule has 2 rings (SSSR count). The molecule has 1 atom stereocenters. The Morgan fingerprint density at radius 3 is 2.55 bits per heavy atom. The van der Waals surface area contributed by atoms with Gasteiger partial charge in [-0.25, -0.2) is 4.79 Å². The third-order valence-corrected chi connectivity index (χ3v) is 5.38. The highest BCUT2D eigenvalue weighted by Gasteiger charge is 2.15. The van der Waals surface area contributed by atoms with Crippen LogP contribution in [0.2, 0.25) is 0 Å². The monoisotopic (exact) mass is 430 g/mol. The van der Waals surface area contributed by atoms with E-state index in [0.717, 1.165) is 43.1 Å². The molecule has 0 fully saturated rings. The highest BCUT2D eigenvalue weighted by Crippen LogP contribution is 2.25. The number of hydrogen-bond acceptors (Lipinski definition) is 6. The quantitative estimate of drug-likeness (QED) is 0.386. The first-order valence-electron chi connectivity index (χ1n) is 11.1. The predicted octanol–water partition coefficient (Wildman–Crippen LogP) is 3.03. The van der Waals surface area contributed by atoms with Crippen molar-refractivity contribution in [3.05, 3.63) is 39.7 Å². The number of carbonyl (C=O) groups is 2. The molecule has 170 valence electrons. The molecule has 2 aromatic rings. The Morgan fingerprint density at radius 1 is 1.13 bits per heavy atom. The first kappa shape index (κ1) is 24.4. The topological polar surface area (TPSA) is 109 Å². The number of carboxylic acids is 1. The van der Waals surface area contributed by atoms with E-state index in [-0.39, 0.29) is 12.2 Å². The normalized spacial score (nSPS) is 12.0. The molecule has 0 bridgehead atoms. The molecule has 7 heteroatoms. The molecule has 1 aromatic carbocycles. The van der Waals surface area contributed by atoms with Crippen molar-refractivity contribution in [2.75, 3.05) is 6.61 Å². The lowest BCUT2D eigenvalue weighted by atomic mass is 10.0. The number of nitrogens with one attached hydrogen (secondary N) is 1. The van der Waals surface area contributed by atoms with Crippen molar-refractivity contribution in [3.63, 3.8) is 0 Å². The molecule has 0 aliphatic heterocycles. The highest BCUT2D eigenvalue weighted by atomic mass is 16.5. The molecular formula is C24H32NO6-. The van der Waals surface area contributed by atoms with Gasteiger partial charge in [-0.1, -0.05) is 46.0 Å². The lowest BCUT2D eigenvalue weighted by molar-refractivity contribution is -0.308. The average molecular weight is 431 g/mol. The summed E-state index contributed by atoms with van der Waals surface area (Å²) >= 11 is 0. The van der Waals surface area contributed by atoms with E-state index in [9.17, 15) is 19.5 Å². The number of amides is 1. The number of aliphatic carboxylic acids is 1. The van der Waals surface area contributed by atoms with E-state index in [4.69, 9.17) is 9.15 Å². The van der Waals surface area contributed by atoms with Crippen LogP contribution in [0.3, 0.4) is 0 Å². The van der Waals surface area contributed by atoms with Crippen molar-refractivity contribution in [3.8, 4) is 5.75 Å². The molecule has 0 radical (unpaired) electrons. The molecule has 1 amide bonds. The van der Waals surface area contributed by atoms with E-state index in [2.05, 4.69) is 12.2 Å². The lowest BCUT2D eigenvalue weighted by Crippen LogP contribution is -2.49. The third-order valence-electron chi connectivity index (χ3n) is 5.38. The van der Waals surface area contributed by atoms with Crippen molar-refractivity contribution >= 4 is 22.8 Å². The van der Waals surface area contributed by atoms with E-state index in [1.54, 1.807) is 12.1 Å². The van der Waals surface area contributed by atoms with Gasteiger partial charge in [0.15, 0.2) is 6.61 Å². The molecule has 0 saturated heterocycles. The van der Waals surface area contributed by atoms with Crippen molar-refractivity contribution in [2.24, 2.45) is 0 Å². The summed E-state index contributed by atoms with van der Waals surface area (Å²) in [7, 11) is 0. The number of hydrogen-bond donors (Lipinski definition) is 1. The summed E-state index contributed by atoms with van der Waals surface area (Å²) in [5.41, 5.74) is 1.66. The van der Waals surface area contributed by atoms with Crippen molar-refractivity contribution in [2.45, 2.75) is 78.2 Å². The Kier molecular flexibility index (Phi) is 9.56. The number of ether oxygens (including phenoxy) is 1. The lowest BCUT2D eigenvalue weighted by Gasteiger charge is -2.19. The van der Waals surface area contributed by atoms with Crippen LogP contribution in [0.5, 0.6) is 5.75 Å². The van der Waals surface area contributed by atoms with Crippen LogP contribution in [0.1, 0.15) is 69.9 Å². The van der Waals surface area contributed by atoms with Gasteiger partial charge in [0.2, 0.25) is 0 Å². The van der Waals surface area contributed by atoms with Gasteiger partial charge in [0.1, 0.15) is 11.3 Å². The molecule has 1 heterocycles. The van der Waals surface area contributed by atoms with Crippen LogP contribution >= 0.6 is 0 Å². The van der Waals surface area contributed by atoms with Gasteiger partial charge in [0, 0.05) is 17.0 Å². The summed E-state index contributed by atoms with van der Waals surface area (Å²) in [6, 6.07) is 4.05. The smallest absolute Gasteiger partial charge is 0.339 e. The van der Waals surface area contributed by atoms with Crippen LogP contribution in [0, 0.1) is 6.92 Å². The Bertz CT molecular complexity index is 949. The summed E-state index contributed by atoms with van der Waals surface area (Å²) in [4.78, 5) is 35.6. The van der Waals surface area contributed by atoms with Crippen LogP contribution in [0.15, 0.2) is 27.4 Å². The number of fused-ring (bicyclic) bond motifs is 1. The van der Waals surface area contributed by atoms with Crippen molar-refractivity contribution < 1.29 is 23.8 Å². The van der Waals surface area contributed by atoms with E-state index in [0.29, 0.717) is 36.2 Å². The fourth-order valence-electron chi connectivity index (χ4n) is 3.52. The molecule has 0 aliphatic rings. The van der Waals surface area contributed by atoms with E-state index < -0.39 is 17.9 Å². The molecule has 1 N–H and O–H groups in total. The zero-order chi connectivity index (χ0) is 22.8. The SMILES string of the molecule is CCCCCCc1c(C)c2ccc(OCC(=O)N[C@H](CCCC)C(=O)[O-])cc2oc1=O. The van der Waals surface area contributed by atoms with Gasteiger partial charge in [0.05, 0.1) is 12.0 Å². The summed E-state index contributed by atoms with van der Waals surface area (Å²) in [6.07, 6.45) is 6.81.